The van der Waals surface area contributed by atoms with Gasteiger partial charge in [0, 0.05) is 25.8 Å². The molecule has 4 nitrogen and oxygen atoms in total. The lowest BCUT2D eigenvalue weighted by Crippen LogP contribution is -2.38. The second-order valence-corrected chi connectivity index (χ2v) is 3.63. The van der Waals surface area contributed by atoms with E-state index in [1.807, 2.05) is 7.05 Å². The molecule has 0 unspecified atom stereocenters. The maximum absolute atomic E-state index is 11.4. The summed E-state index contributed by atoms with van der Waals surface area (Å²) in [7, 11) is 14.5. The lowest BCUT2D eigenvalue weighted by Gasteiger charge is -2.26. The molecule has 0 saturated heterocycles. The van der Waals surface area contributed by atoms with E-state index >= 15 is 0 Å². The zero-order valence-corrected chi connectivity index (χ0v) is 9.99. The molecule has 0 aromatic carbocycles. The maximum Gasteiger partial charge on any atom is 0.231 e. The molecule has 0 bridgehead atoms. The van der Waals surface area contributed by atoms with Crippen molar-refractivity contribution in [3.8, 4) is 0 Å². The number of nitrogens with zero attached hydrogens (tertiary/aromatic N) is 2. The van der Waals surface area contributed by atoms with Crippen molar-refractivity contribution in [1.82, 2.24) is 15.0 Å². The Morgan fingerprint density at radius 3 is 2.38 bits per heavy atom. The standard InChI is InChI=1S/C10H17B2N3O/c1-8(11)6-14(4)9(2)7-15(12)10(16)5-13-3/h13H,1-2,5-7H2,3-4H3. The molecule has 1 amide bonds. The van der Waals surface area contributed by atoms with Crippen LogP contribution in [0.2, 0.25) is 0 Å². The summed E-state index contributed by atoms with van der Waals surface area (Å²) in [5, 5.41) is 2.73. The predicted molar refractivity (Wildman–Crippen MR) is 68.1 cm³/mol. The van der Waals surface area contributed by atoms with E-state index in [9.17, 15) is 4.79 Å². The first-order valence-corrected chi connectivity index (χ1v) is 4.90. The van der Waals surface area contributed by atoms with Gasteiger partial charge < -0.3 is 15.0 Å². The Bertz CT molecular complexity index is 281. The van der Waals surface area contributed by atoms with Crippen molar-refractivity contribution in [3.05, 3.63) is 24.3 Å². The fourth-order valence-electron chi connectivity index (χ4n) is 1.07. The van der Waals surface area contributed by atoms with Crippen LogP contribution in [0.4, 0.5) is 0 Å². The second-order valence-electron chi connectivity index (χ2n) is 3.63. The van der Waals surface area contributed by atoms with E-state index in [1.165, 1.54) is 0 Å². The van der Waals surface area contributed by atoms with Gasteiger partial charge in [-0.3, -0.25) is 4.79 Å². The molecule has 16 heavy (non-hydrogen) atoms. The Labute approximate surface area is 100 Å². The van der Waals surface area contributed by atoms with E-state index in [1.54, 1.807) is 11.9 Å². The van der Waals surface area contributed by atoms with Crippen molar-refractivity contribution in [2.24, 2.45) is 0 Å². The van der Waals surface area contributed by atoms with Crippen molar-refractivity contribution in [3.63, 3.8) is 0 Å². The summed E-state index contributed by atoms with van der Waals surface area (Å²) in [5.74, 6) is -0.191. The molecule has 0 fully saturated rings. The van der Waals surface area contributed by atoms with Gasteiger partial charge in [0.2, 0.25) is 13.9 Å². The summed E-state index contributed by atoms with van der Waals surface area (Å²) < 4.78 is 0. The molecule has 0 aliphatic heterocycles. The zero-order chi connectivity index (χ0) is 12.7. The van der Waals surface area contributed by atoms with Gasteiger partial charge in [0.1, 0.15) is 7.85 Å². The second kappa shape index (κ2) is 7.17. The van der Waals surface area contributed by atoms with Crippen molar-refractivity contribution >= 4 is 21.7 Å². The Kier molecular flexibility index (Phi) is 6.65. The minimum atomic E-state index is -0.191. The Balaban J connectivity index is 4.12. The predicted octanol–water partition coefficient (Wildman–Crippen LogP) is -0.754. The number of hydrogen-bond acceptors (Lipinski definition) is 3. The van der Waals surface area contributed by atoms with Gasteiger partial charge in [-0.2, -0.15) is 0 Å². The van der Waals surface area contributed by atoms with E-state index in [0.29, 0.717) is 17.7 Å². The van der Waals surface area contributed by atoms with Crippen LogP contribution in [0, 0.1) is 0 Å². The average molecular weight is 217 g/mol. The van der Waals surface area contributed by atoms with Gasteiger partial charge in [0.15, 0.2) is 0 Å². The molecule has 0 rings (SSSR count). The normalized spacial score (nSPS) is 9.62. The van der Waals surface area contributed by atoms with E-state index < -0.39 is 0 Å². The number of nitrogens with one attached hydrogen (secondary N) is 1. The molecule has 4 radical (unpaired) electrons. The van der Waals surface area contributed by atoms with Gasteiger partial charge >= 0.3 is 0 Å². The molecule has 1 N–H and O–H groups in total. The van der Waals surface area contributed by atoms with Crippen LogP contribution >= 0.6 is 0 Å². The SMILES string of the molecule is [B]C(=C)CN(C)C(=C)CN([B])C(=O)CNC. The van der Waals surface area contributed by atoms with Crippen LogP contribution in [-0.2, 0) is 4.79 Å². The number of carbonyl (C=O) groups excluding carboxylic acids is 1. The van der Waals surface area contributed by atoms with Gasteiger partial charge in [-0.25, -0.2) is 0 Å². The largest absolute Gasteiger partial charge is 0.390 e. The van der Waals surface area contributed by atoms with Crippen molar-refractivity contribution < 1.29 is 4.79 Å². The number of likely N-dealkylation sites (N-methyl/N-ethyl adjacent to an activating group) is 2. The monoisotopic (exact) mass is 217 g/mol. The Hall–Kier alpha value is -1.16. The number of hydrogen-bond donors (Lipinski definition) is 1. The molecule has 0 aromatic rings. The lowest BCUT2D eigenvalue weighted by molar-refractivity contribution is -0.125. The summed E-state index contributed by atoms with van der Waals surface area (Å²) in [6.07, 6.45) is 0. The summed E-state index contributed by atoms with van der Waals surface area (Å²) in [6.45, 7) is 8.39. The first-order chi connectivity index (χ1) is 7.38. The van der Waals surface area contributed by atoms with Gasteiger partial charge in [0.25, 0.3) is 0 Å². The van der Waals surface area contributed by atoms with Gasteiger partial charge in [-0.1, -0.05) is 6.58 Å². The Morgan fingerprint density at radius 2 is 1.94 bits per heavy atom. The van der Waals surface area contributed by atoms with Crippen LogP contribution in [0.15, 0.2) is 24.3 Å². The third-order valence-electron chi connectivity index (χ3n) is 1.98. The van der Waals surface area contributed by atoms with Crippen molar-refractivity contribution in [2.45, 2.75) is 0 Å². The van der Waals surface area contributed by atoms with E-state index in [2.05, 4.69) is 18.5 Å². The highest BCUT2D eigenvalue weighted by Gasteiger charge is 2.10. The topological polar surface area (TPSA) is 35.6 Å². The van der Waals surface area contributed by atoms with Crippen LogP contribution in [0.3, 0.4) is 0 Å². The third kappa shape index (κ3) is 5.66. The van der Waals surface area contributed by atoms with Gasteiger partial charge in [-0.05, 0) is 7.05 Å². The third-order valence-corrected chi connectivity index (χ3v) is 1.98. The van der Waals surface area contributed by atoms with Crippen molar-refractivity contribution in [1.29, 1.82) is 0 Å². The summed E-state index contributed by atoms with van der Waals surface area (Å²) >= 11 is 0. The minimum absolute atomic E-state index is 0.191. The summed E-state index contributed by atoms with van der Waals surface area (Å²) in [4.78, 5) is 14.3. The summed E-state index contributed by atoms with van der Waals surface area (Å²) in [5.41, 5.74) is 1.24. The fraction of sp³-hybridized carbons (Fsp3) is 0.500. The van der Waals surface area contributed by atoms with Gasteiger partial charge in [0.05, 0.1) is 6.54 Å². The maximum atomic E-state index is 11.4. The molecule has 0 atom stereocenters. The number of amides is 1. The molecule has 84 valence electrons. The summed E-state index contributed by atoms with van der Waals surface area (Å²) in [6, 6.07) is 0. The van der Waals surface area contributed by atoms with E-state index in [4.69, 9.17) is 15.8 Å². The minimum Gasteiger partial charge on any atom is -0.390 e. The number of carbonyl (C=O) groups is 1. The fourth-order valence-corrected chi connectivity index (χ4v) is 1.07. The highest BCUT2D eigenvalue weighted by Crippen LogP contribution is 2.02. The van der Waals surface area contributed by atoms with E-state index in [-0.39, 0.29) is 19.0 Å². The smallest absolute Gasteiger partial charge is 0.231 e. The first-order valence-electron chi connectivity index (χ1n) is 4.90. The molecular weight excluding hydrogens is 200 g/mol. The molecule has 0 saturated carbocycles. The lowest BCUT2D eigenvalue weighted by atomic mass is 9.97. The molecular formula is C10H17B2N3O. The highest BCUT2D eigenvalue weighted by atomic mass is 16.2. The molecule has 0 spiro atoms. The first kappa shape index (κ1) is 14.8. The number of rotatable bonds is 7. The average Bonchev–Trinajstić information content (AvgIpc) is 2.16. The van der Waals surface area contributed by atoms with Crippen LogP contribution in [0.5, 0.6) is 0 Å². The zero-order valence-electron chi connectivity index (χ0n) is 9.99. The molecule has 0 aliphatic rings. The molecule has 0 aromatic heterocycles. The highest BCUT2D eigenvalue weighted by molar-refractivity contribution is 6.21. The molecule has 0 heterocycles. The van der Waals surface area contributed by atoms with Crippen LogP contribution in [-0.4, -0.2) is 65.2 Å². The van der Waals surface area contributed by atoms with Crippen LogP contribution in [0.1, 0.15) is 0 Å². The quantitative estimate of drug-likeness (QED) is 0.569. The van der Waals surface area contributed by atoms with Crippen LogP contribution in [0.25, 0.3) is 0 Å². The van der Waals surface area contributed by atoms with E-state index in [0.717, 1.165) is 4.81 Å². The van der Waals surface area contributed by atoms with Gasteiger partial charge in [-0.15, -0.1) is 12.1 Å². The molecule has 0 aliphatic carbocycles. The van der Waals surface area contributed by atoms with Crippen LogP contribution < -0.4 is 5.32 Å². The molecule has 6 heteroatoms. The Morgan fingerprint density at radius 1 is 1.38 bits per heavy atom. The van der Waals surface area contributed by atoms with Crippen molar-refractivity contribution in [2.75, 3.05) is 33.7 Å².